The zero-order valence-electron chi connectivity index (χ0n) is 17.3. The predicted octanol–water partition coefficient (Wildman–Crippen LogP) is 5.31. The van der Waals surface area contributed by atoms with Gasteiger partial charge in [-0.05, 0) is 35.9 Å². The second-order valence-electron chi connectivity index (χ2n) is 8.37. The summed E-state index contributed by atoms with van der Waals surface area (Å²) in [6, 6.07) is 12.9. The summed E-state index contributed by atoms with van der Waals surface area (Å²) in [4.78, 5) is 16.2. The molecule has 1 aliphatic carbocycles. The van der Waals surface area contributed by atoms with Gasteiger partial charge in [0.1, 0.15) is 0 Å². The monoisotopic (exact) mass is 436 g/mol. The molecule has 7 heteroatoms. The van der Waals surface area contributed by atoms with E-state index >= 15 is 0 Å². The first-order valence-corrected chi connectivity index (χ1v) is 12.0. The number of carbonyl (C=O) groups excluding carboxylic acids is 1. The van der Waals surface area contributed by atoms with Crippen molar-refractivity contribution in [2.75, 3.05) is 17.7 Å². The van der Waals surface area contributed by atoms with Crippen LogP contribution in [0.2, 0.25) is 0 Å². The third kappa shape index (κ3) is 3.30. The summed E-state index contributed by atoms with van der Waals surface area (Å²) in [7, 11) is 2.04. The first-order chi connectivity index (χ1) is 14.5. The molecule has 0 radical (unpaired) electrons. The van der Waals surface area contributed by atoms with Gasteiger partial charge in [-0.15, -0.1) is 21.5 Å². The fourth-order valence-electron chi connectivity index (χ4n) is 4.20. The Balaban J connectivity index is 1.35. The van der Waals surface area contributed by atoms with Crippen LogP contribution in [0.15, 0.2) is 58.7 Å². The minimum atomic E-state index is -0.188. The zero-order valence-corrected chi connectivity index (χ0v) is 19.0. The van der Waals surface area contributed by atoms with Gasteiger partial charge in [0.25, 0.3) is 0 Å². The van der Waals surface area contributed by atoms with Crippen LogP contribution in [0.3, 0.4) is 0 Å². The number of anilines is 1. The van der Waals surface area contributed by atoms with Crippen LogP contribution in [-0.2, 0) is 10.2 Å². The average Bonchev–Trinajstić information content (AvgIpc) is 3.19. The van der Waals surface area contributed by atoms with Gasteiger partial charge < -0.3 is 4.90 Å². The van der Waals surface area contributed by atoms with Gasteiger partial charge in [-0.25, -0.2) is 0 Å². The summed E-state index contributed by atoms with van der Waals surface area (Å²) in [5.74, 6) is 1.39. The lowest BCUT2D eigenvalue weighted by molar-refractivity contribution is -0.112. The van der Waals surface area contributed by atoms with Crippen molar-refractivity contribution in [3.8, 4) is 10.7 Å². The van der Waals surface area contributed by atoms with Crippen LogP contribution in [0.5, 0.6) is 0 Å². The molecular weight excluding hydrogens is 412 g/mol. The molecule has 3 aromatic rings. The van der Waals surface area contributed by atoms with E-state index in [9.17, 15) is 4.79 Å². The van der Waals surface area contributed by atoms with Gasteiger partial charge >= 0.3 is 0 Å². The van der Waals surface area contributed by atoms with E-state index in [1.807, 2.05) is 25.3 Å². The molecule has 2 aliphatic rings. The van der Waals surface area contributed by atoms with Crippen LogP contribution in [0, 0.1) is 0 Å². The van der Waals surface area contributed by atoms with Crippen LogP contribution in [0.1, 0.15) is 38.3 Å². The van der Waals surface area contributed by atoms with Crippen molar-refractivity contribution in [1.29, 1.82) is 0 Å². The van der Waals surface area contributed by atoms with E-state index in [0.717, 1.165) is 34.4 Å². The summed E-state index contributed by atoms with van der Waals surface area (Å²) >= 11 is 3.17. The minimum absolute atomic E-state index is 0.103. The van der Waals surface area contributed by atoms with Crippen molar-refractivity contribution in [2.24, 2.45) is 0 Å². The van der Waals surface area contributed by atoms with Gasteiger partial charge in [0.15, 0.2) is 16.8 Å². The highest BCUT2D eigenvalue weighted by molar-refractivity contribution is 7.99. The Labute approximate surface area is 184 Å². The Bertz CT molecular complexity index is 1130. The van der Waals surface area contributed by atoms with E-state index in [1.165, 1.54) is 23.0 Å². The number of nitrogens with zero attached hydrogens (tertiary/aromatic N) is 4. The smallest absolute Gasteiger partial charge is 0.192 e. The van der Waals surface area contributed by atoms with Crippen LogP contribution >= 0.6 is 23.1 Å². The Morgan fingerprint density at radius 2 is 2.03 bits per heavy atom. The van der Waals surface area contributed by atoms with E-state index in [1.54, 1.807) is 11.3 Å². The van der Waals surface area contributed by atoms with Gasteiger partial charge in [0, 0.05) is 36.0 Å². The molecule has 0 saturated heterocycles. The first-order valence-electron chi connectivity index (χ1n) is 10.2. The molecular formula is C23H24N4OS2. The molecule has 2 aromatic heterocycles. The maximum atomic E-state index is 12.9. The highest BCUT2D eigenvalue weighted by atomic mass is 32.2. The van der Waals surface area contributed by atoms with Gasteiger partial charge in [-0.3, -0.25) is 9.36 Å². The molecule has 30 heavy (non-hydrogen) atoms. The fourth-order valence-corrected chi connectivity index (χ4v) is 5.73. The Kier molecular flexibility index (Phi) is 4.82. The van der Waals surface area contributed by atoms with Crippen LogP contribution in [-0.4, -0.2) is 33.3 Å². The van der Waals surface area contributed by atoms with E-state index in [4.69, 9.17) is 0 Å². The average molecular weight is 437 g/mol. The number of aromatic nitrogens is 3. The number of rotatable bonds is 6. The summed E-state index contributed by atoms with van der Waals surface area (Å²) < 4.78 is 2.22. The molecule has 0 amide bonds. The molecule has 1 aromatic carbocycles. The van der Waals surface area contributed by atoms with Crippen molar-refractivity contribution >= 4 is 34.6 Å². The number of thiophene rings is 1. The summed E-state index contributed by atoms with van der Waals surface area (Å²) in [6.07, 6.45) is 4.11. The second kappa shape index (κ2) is 7.39. The van der Waals surface area contributed by atoms with Crippen LogP contribution in [0.25, 0.3) is 10.7 Å². The molecule has 3 heterocycles. The lowest BCUT2D eigenvalue weighted by Crippen LogP contribution is -2.24. The molecule has 5 rings (SSSR count). The number of para-hydroxylation sites is 1. The molecule has 0 atom stereocenters. The number of hydrogen-bond acceptors (Lipinski definition) is 6. The van der Waals surface area contributed by atoms with E-state index in [-0.39, 0.29) is 11.2 Å². The Morgan fingerprint density at radius 3 is 2.73 bits per heavy atom. The minimum Gasteiger partial charge on any atom is -0.347 e. The first kappa shape index (κ1) is 19.6. The number of carbonyl (C=O) groups is 1. The summed E-state index contributed by atoms with van der Waals surface area (Å²) in [5.41, 5.74) is 3.28. The number of thioether (sulfide) groups is 1. The topological polar surface area (TPSA) is 51.0 Å². The highest BCUT2D eigenvalue weighted by Gasteiger charge is 2.38. The van der Waals surface area contributed by atoms with Crippen molar-refractivity contribution in [1.82, 2.24) is 14.8 Å². The molecule has 1 fully saturated rings. The molecule has 5 nitrogen and oxygen atoms in total. The number of hydrogen-bond donors (Lipinski definition) is 0. The normalized spacial score (nSPS) is 18.8. The van der Waals surface area contributed by atoms with Gasteiger partial charge in [-0.2, -0.15) is 0 Å². The number of likely N-dealkylation sites (N-methyl/N-ethyl adjacent to an activating group) is 1. The van der Waals surface area contributed by atoms with Gasteiger partial charge in [0.05, 0.1) is 10.6 Å². The van der Waals surface area contributed by atoms with E-state index in [2.05, 4.69) is 63.2 Å². The molecule has 154 valence electrons. The summed E-state index contributed by atoms with van der Waals surface area (Å²) in [6.45, 7) is 4.36. The van der Waals surface area contributed by atoms with Crippen LogP contribution < -0.4 is 4.90 Å². The Morgan fingerprint density at radius 1 is 1.23 bits per heavy atom. The van der Waals surface area contributed by atoms with Crippen molar-refractivity contribution in [3.63, 3.8) is 0 Å². The van der Waals surface area contributed by atoms with Gasteiger partial charge in [-0.1, -0.05) is 49.9 Å². The molecule has 0 spiro atoms. The lowest BCUT2D eigenvalue weighted by Gasteiger charge is -2.23. The number of fused-ring (bicyclic) bond motifs is 1. The highest BCUT2D eigenvalue weighted by Crippen LogP contribution is 2.46. The maximum Gasteiger partial charge on any atom is 0.192 e. The maximum absolute atomic E-state index is 12.9. The molecule has 1 saturated carbocycles. The number of allylic oxidation sites excluding steroid dienone is 2. The molecule has 1 aliphatic heterocycles. The largest absolute Gasteiger partial charge is 0.347 e. The second-order valence-corrected chi connectivity index (χ2v) is 10.3. The van der Waals surface area contributed by atoms with Crippen LogP contribution in [0.4, 0.5) is 5.69 Å². The quantitative estimate of drug-likeness (QED) is 0.387. The molecule has 0 unspecified atom stereocenters. The SMILES string of the molecule is CN1/C(=C\C(=O)CSc2nnc(-c3cccs3)n2C2CC2)C(C)(C)c2ccccc21. The van der Waals surface area contributed by atoms with E-state index in [0.29, 0.717) is 11.8 Å². The Hall–Kier alpha value is -2.38. The third-order valence-electron chi connectivity index (χ3n) is 5.90. The fraction of sp³-hybridized carbons (Fsp3) is 0.348. The number of ketones is 1. The lowest BCUT2D eigenvalue weighted by atomic mass is 9.83. The molecule has 0 bridgehead atoms. The number of benzene rings is 1. The van der Waals surface area contributed by atoms with Gasteiger partial charge in [0.2, 0.25) is 0 Å². The third-order valence-corrected chi connectivity index (χ3v) is 7.73. The molecule has 0 N–H and O–H groups in total. The van der Waals surface area contributed by atoms with E-state index < -0.39 is 0 Å². The van der Waals surface area contributed by atoms with Crippen molar-refractivity contribution < 1.29 is 4.79 Å². The predicted molar refractivity (Wildman–Crippen MR) is 123 cm³/mol. The zero-order chi connectivity index (χ0) is 20.9. The van der Waals surface area contributed by atoms with Crippen molar-refractivity contribution in [3.05, 3.63) is 59.1 Å². The van der Waals surface area contributed by atoms with Crippen molar-refractivity contribution in [2.45, 2.75) is 43.3 Å². The standard InChI is InChI=1S/C23H24N4OS2/c1-23(2)17-7-4-5-8-18(17)26(3)20(23)13-16(28)14-30-22-25-24-21(19-9-6-12-29-19)27(22)15-10-11-15/h4-9,12-13,15H,10-11,14H2,1-3H3/b20-13-. The summed E-state index contributed by atoms with van der Waals surface area (Å²) in [5, 5.41) is 11.7.